The Bertz CT molecular complexity index is 506. The van der Waals surface area contributed by atoms with Crippen LogP contribution in [-0.2, 0) is 11.3 Å². The summed E-state index contributed by atoms with van der Waals surface area (Å²) in [6, 6.07) is 5.29. The number of carboxylic acids is 1. The van der Waals surface area contributed by atoms with E-state index in [4.69, 9.17) is 16.7 Å². The minimum absolute atomic E-state index is 0.0830. The zero-order valence-corrected chi connectivity index (χ0v) is 12.7. The van der Waals surface area contributed by atoms with E-state index in [1.54, 1.807) is 12.1 Å². The van der Waals surface area contributed by atoms with E-state index in [1.807, 2.05) is 11.8 Å². The molecule has 1 aromatic rings. The summed E-state index contributed by atoms with van der Waals surface area (Å²) in [5.41, 5.74) is 0.598. The Morgan fingerprint density at radius 1 is 1.52 bits per heavy atom. The van der Waals surface area contributed by atoms with Crippen LogP contribution in [0.3, 0.4) is 0 Å². The Morgan fingerprint density at radius 3 is 2.81 bits per heavy atom. The highest BCUT2D eigenvalue weighted by atomic mass is 35.5. The maximum atomic E-state index is 13.6. The van der Waals surface area contributed by atoms with Crippen molar-refractivity contribution in [3.63, 3.8) is 0 Å². The summed E-state index contributed by atoms with van der Waals surface area (Å²) in [4.78, 5) is 12.7. The smallest absolute Gasteiger partial charge is 0.317 e. The van der Waals surface area contributed by atoms with Gasteiger partial charge in [-0.25, -0.2) is 4.39 Å². The van der Waals surface area contributed by atoms with Crippen LogP contribution in [0.25, 0.3) is 0 Å². The van der Waals surface area contributed by atoms with Crippen molar-refractivity contribution in [1.82, 2.24) is 10.2 Å². The van der Waals surface area contributed by atoms with Crippen LogP contribution < -0.4 is 5.32 Å². The van der Waals surface area contributed by atoms with Crippen LogP contribution in [0.15, 0.2) is 18.2 Å². The molecule has 2 N–H and O–H groups in total. The molecule has 0 aromatic heterocycles. The van der Waals surface area contributed by atoms with Gasteiger partial charge in [-0.05, 0) is 31.5 Å². The molecule has 0 heterocycles. The number of benzene rings is 1. The molecule has 0 amide bonds. The quantitative estimate of drug-likeness (QED) is 0.812. The molecule has 0 bridgehead atoms. The Balaban J connectivity index is 1.76. The lowest BCUT2D eigenvalue weighted by atomic mass is 9.85. The Kier molecular flexibility index (Phi) is 5.56. The highest BCUT2D eigenvalue weighted by molar-refractivity contribution is 6.30. The first-order chi connectivity index (χ1) is 9.99. The maximum Gasteiger partial charge on any atom is 0.317 e. The summed E-state index contributed by atoms with van der Waals surface area (Å²) in [5, 5.41) is 12.5. The van der Waals surface area contributed by atoms with Crippen LogP contribution in [0.2, 0.25) is 5.02 Å². The Hall–Kier alpha value is -1.17. The molecule has 116 valence electrons. The first-order valence-electron chi connectivity index (χ1n) is 7.12. The number of halogens is 2. The van der Waals surface area contributed by atoms with E-state index in [9.17, 15) is 9.18 Å². The Labute approximate surface area is 128 Å². The summed E-state index contributed by atoms with van der Waals surface area (Å²) in [6.45, 7) is 3.24. The van der Waals surface area contributed by atoms with Gasteiger partial charge in [0.15, 0.2) is 0 Å². The minimum Gasteiger partial charge on any atom is -0.480 e. The standard InChI is InChI=1S/C15H20ClFN2O2/c1-2-19(9-15(20)21)13-6-12(7-13)18-8-10-3-4-11(16)5-14(10)17/h3-5,12-13,18H,2,6-9H2,1H3,(H,20,21). The van der Waals surface area contributed by atoms with Crippen molar-refractivity contribution in [2.45, 2.75) is 38.4 Å². The Morgan fingerprint density at radius 2 is 2.24 bits per heavy atom. The second-order valence-corrected chi connectivity index (χ2v) is 5.83. The number of hydrogen-bond donors (Lipinski definition) is 2. The summed E-state index contributed by atoms with van der Waals surface area (Å²) in [5.74, 6) is -1.09. The lowest BCUT2D eigenvalue weighted by Gasteiger charge is -2.42. The van der Waals surface area contributed by atoms with Crippen LogP contribution in [0.1, 0.15) is 25.3 Å². The van der Waals surface area contributed by atoms with Gasteiger partial charge in [0.25, 0.3) is 0 Å². The molecule has 4 nitrogen and oxygen atoms in total. The zero-order valence-electron chi connectivity index (χ0n) is 12.0. The molecule has 2 rings (SSSR count). The summed E-state index contributed by atoms with van der Waals surface area (Å²) >= 11 is 5.72. The van der Waals surface area contributed by atoms with E-state index in [0.717, 1.165) is 19.4 Å². The second-order valence-electron chi connectivity index (χ2n) is 5.40. The molecular weight excluding hydrogens is 295 g/mol. The molecule has 0 radical (unpaired) electrons. The van der Waals surface area contributed by atoms with E-state index in [0.29, 0.717) is 29.2 Å². The number of nitrogens with zero attached hydrogens (tertiary/aromatic N) is 1. The molecule has 1 fully saturated rings. The molecule has 1 aliphatic rings. The van der Waals surface area contributed by atoms with E-state index >= 15 is 0 Å². The zero-order chi connectivity index (χ0) is 15.4. The number of nitrogens with one attached hydrogen (secondary N) is 1. The third-order valence-corrected chi connectivity index (χ3v) is 4.21. The van der Waals surface area contributed by atoms with Crippen molar-refractivity contribution >= 4 is 17.6 Å². The van der Waals surface area contributed by atoms with Crippen LogP contribution >= 0.6 is 11.6 Å². The largest absolute Gasteiger partial charge is 0.480 e. The van der Waals surface area contributed by atoms with E-state index < -0.39 is 5.97 Å². The van der Waals surface area contributed by atoms with E-state index in [-0.39, 0.29) is 12.4 Å². The molecule has 1 aromatic carbocycles. The van der Waals surface area contributed by atoms with Crippen LogP contribution in [0.5, 0.6) is 0 Å². The minimum atomic E-state index is -0.795. The molecule has 0 atom stereocenters. The molecule has 0 aliphatic heterocycles. The number of hydrogen-bond acceptors (Lipinski definition) is 3. The number of aliphatic carboxylic acids is 1. The topological polar surface area (TPSA) is 52.6 Å². The molecular formula is C15H20ClFN2O2. The third kappa shape index (κ3) is 4.40. The predicted molar refractivity (Wildman–Crippen MR) is 79.9 cm³/mol. The predicted octanol–water partition coefficient (Wildman–Crippen LogP) is 2.51. The summed E-state index contributed by atoms with van der Waals surface area (Å²) < 4.78 is 13.6. The fourth-order valence-corrected chi connectivity index (χ4v) is 2.80. The molecule has 0 unspecified atom stereocenters. The number of carboxylic acid groups (broad SMARTS) is 1. The highest BCUT2D eigenvalue weighted by Crippen LogP contribution is 2.26. The first-order valence-corrected chi connectivity index (χ1v) is 7.50. The van der Waals surface area contributed by atoms with Gasteiger partial charge in [0.1, 0.15) is 5.82 Å². The van der Waals surface area contributed by atoms with Crippen molar-refractivity contribution < 1.29 is 14.3 Å². The van der Waals surface area contributed by atoms with Crippen molar-refractivity contribution in [2.24, 2.45) is 0 Å². The van der Waals surface area contributed by atoms with Gasteiger partial charge in [-0.2, -0.15) is 0 Å². The van der Waals surface area contributed by atoms with Crippen LogP contribution in [-0.4, -0.2) is 41.1 Å². The fourth-order valence-electron chi connectivity index (χ4n) is 2.64. The van der Waals surface area contributed by atoms with Gasteiger partial charge < -0.3 is 10.4 Å². The lowest BCUT2D eigenvalue weighted by Crippen LogP contribution is -2.53. The normalized spacial score (nSPS) is 21.3. The van der Waals surface area contributed by atoms with Crippen molar-refractivity contribution in [3.05, 3.63) is 34.6 Å². The van der Waals surface area contributed by atoms with Gasteiger partial charge in [0.2, 0.25) is 0 Å². The lowest BCUT2D eigenvalue weighted by molar-refractivity contribution is -0.139. The van der Waals surface area contributed by atoms with E-state index in [1.165, 1.54) is 6.07 Å². The van der Waals surface area contributed by atoms with E-state index in [2.05, 4.69) is 5.32 Å². The van der Waals surface area contributed by atoms with Crippen LogP contribution in [0, 0.1) is 5.82 Å². The molecule has 21 heavy (non-hydrogen) atoms. The van der Waals surface area contributed by atoms with Crippen LogP contribution in [0.4, 0.5) is 4.39 Å². The SMILES string of the molecule is CCN(CC(=O)O)C1CC(NCc2ccc(Cl)cc2F)C1. The third-order valence-electron chi connectivity index (χ3n) is 3.97. The van der Waals surface area contributed by atoms with Gasteiger partial charge in [-0.3, -0.25) is 9.69 Å². The van der Waals surface area contributed by atoms with Crippen molar-refractivity contribution in [1.29, 1.82) is 0 Å². The molecule has 6 heteroatoms. The summed E-state index contributed by atoms with van der Waals surface area (Å²) in [7, 11) is 0. The molecule has 1 saturated carbocycles. The highest BCUT2D eigenvalue weighted by Gasteiger charge is 2.33. The average molecular weight is 315 g/mol. The maximum absolute atomic E-state index is 13.6. The fraction of sp³-hybridized carbons (Fsp3) is 0.533. The number of rotatable bonds is 7. The number of likely N-dealkylation sites (N-methyl/N-ethyl adjacent to an activating group) is 1. The molecule has 0 saturated heterocycles. The second kappa shape index (κ2) is 7.20. The summed E-state index contributed by atoms with van der Waals surface area (Å²) in [6.07, 6.45) is 1.80. The van der Waals surface area contributed by atoms with Gasteiger partial charge >= 0.3 is 5.97 Å². The van der Waals surface area contributed by atoms with Gasteiger partial charge in [0, 0.05) is 29.2 Å². The van der Waals surface area contributed by atoms with Gasteiger partial charge in [0.05, 0.1) is 6.54 Å². The first kappa shape index (κ1) is 16.2. The molecule has 0 spiro atoms. The number of carbonyl (C=O) groups is 1. The van der Waals surface area contributed by atoms with Gasteiger partial charge in [-0.15, -0.1) is 0 Å². The van der Waals surface area contributed by atoms with Gasteiger partial charge in [-0.1, -0.05) is 24.6 Å². The van der Waals surface area contributed by atoms with Crippen molar-refractivity contribution in [3.8, 4) is 0 Å². The molecule has 1 aliphatic carbocycles. The average Bonchev–Trinajstić information content (AvgIpc) is 2.37. The monoisotopic (exact) mass is 314 g/mol. The van der Waals surface area contributed by atoms with Crippen molar-refractivity contribution in [2.75, 3.05) is 13.1 Å².